The lowest BCUT2D eigenvalue weighted by atomic mass is 10.1. The number of ether oxygens (including phenoxy) is 4. The average molecular weight is 1170 g/mol. The van der Waals surface area contributed by atoms with E-state index in [2.05, 4.69) is 58.3 Å². The number of imidazole rings is 3. The number of anilines is 3. The zero-order chi connectivity index (χ0) is 55.7. The van der Waals surface area contributed by atoms with Crippen LogP contribution in [0.2, 0.25) is 0 Å². The van der Waals surface area contributed by atoms with Gasteiger partial charge in [0, 0.05) is 13.7 Å². The monoisotopic (exact) mass is 1170 g/mol. The number of aromatic amines is 2. The van der Waals surface area contributed by atoms with E-state index in [9.17, 15) is 67.8 Å². The number of fused-ring (bicyclic) bond motifs is 3. The molecule has 9 rings (SSSR count). The predicted molar refractivity (Wildman–Crippen MR) is 240 cm³/mol. The molecule has 11 N–H and O–H groups in total. The van der Waals surface area contributed by atoms with E-state index in [0.29, 0.717) is 6.54 Å². The first-order valence-corrected chi connectivity index (χ1v) is 27.9. The van der Waals surface area contributed by atoms with Crippen LogP contribution >= 0.6 is 31.3 Å². The highest BCUT2D eigenvalue weighted by atomic mass is 31.3. The molecule has 3 aliphatic heterocycles. The summed E-state index contributed by atoms with van der Waals surface area (Å²) in [7, 11) is -22.3. The number of rotatable bonds is 21. The van der Waals surface area contributed by atoms with Gasteiger partial charge in [-0.2, -0.15) is 4.98 Å². The van der Waals surface area contributed by atoms with Crippen LogP contribution in [-0.2, 0) is 71.0 Å². The van der Waals surface area contributed by atoms with Crippen molar-refractivity contribution in [3.8, 4) is 0 Å². The van der Waals surface area contributed by atoms with Crippen LogP contribution in [0.4, 0.5) is 17.7 Å². The molecule has 43 heteroatoms. The molecule has 0 aromatic carbocycles. The summed E-state index contributed by atoms with van der Waals surface area (Å²) in [6, 6.07) is 0. The zero-order valence-electron chi connectivity index (χ0n) is 39.4. The van der Waals surface area contributed by atoms with Gasteiger partial charge in [0.2, 0.25) is 17.7 Å². The number of hydrogen-bond acceptors (Lipinski definition) is 33. The number of nitrogens with two attached hydrogens (primary N) is 2. The Morgan fingerprint density at radius 1 is 0.714 bits per heavy atom. The molecule has 0 aliphatic carbocycles. The van der Waals surface area contributed by atoms with E-state index in [-0.39, 0.29) is 51.2 Å². The predicted octanol–water partition coefficient (Wildman–Crippen LogP) is -6.39. The Morgan fingerprint density at radius 2 is 1.29 bits per heavy atom. The number of hydrogen-bond donors (Lipinski definition) is 9. The van der Waals surface area contributed by atoms with E-state index in [0.717, 1.165) is 28.9 Å². The summed E-state index contributed by atoms with van der Waals surface area (Å²) in [5.41, 5.74) is 9.53. The Morgan fingerprint density at radius 3 is 1.95 bits per heavy atom. The van der Waals surface area contributed by atoms with E-state index in [1.165, 1.54) is 28.8 Å². The van der Waals surface area contributed by atoms with Crippen LogP contribution in [0.15, 0.2) is 34.9 Å². The number of nitrogens with zero attached hydrogens (tertiary/aromatic N) is 10. The molecule has 0 amide bonds. The van der Waals surface area contributed by atoms with Crippen molar-refractivity contribution in [2.75, 3.05) is 50.3 Å². The van der Waals surface area contributed by atoms with E-state index < -0.39 is 136 Å². The third-order valence-corrected chi connectivity index (χ3v) is 16.9. The minimum Gasteiger partial charge on any atom is -0.756 e. The van der Waals surface area contributed by atoms with Gasteiger partial charge in [0.25, 0.3) is 48.4 Å². The van der Waals surface area contributed by atoms with Gasteiger partial charge in [0.05, 0.1) is 39.5 Å². The maximum Gasteiger partial charge on any atom is 0.313 e. The van der Waals surface area contributed by atoms with Crippen LogP contribution in [0.1, 0.15) is 25.6 Å². The summed E-state index contributed by atoms with van der Waals surface area (Å²) in [6.07, 6.45) is -16.4. The van der Waals surface area contributed by atoms with Gasteiger partial charge < -0.3 is 93.8 Å². The highest BCUT2D eigenvalue weighted by Gasteiger charge is 2.51. The largest absolute Gasteiger partial charge is 0.756 e. The SMILES string of the molecule is CCNc1ncnc2c1ncn2[C@@H]1O[C@H](COP(=O)([O-])OP(=O)([O-])OP(=O)([O-])OC[C@H]2O[C@@H]([n+]3cn(C)c4c(=O)[nH]c(N)nc43)C(O)C2O)C(OP(=O)([O-])OC[C@H]2O[C@@H](n3cnc4c(=O)[nH]c(N)nc43)[C@@H](O)C2O)[C@@H]1OC. The van der Waals surface area contributed by atoms with Crippen LogP contribution in [-0.4, -0.2) is 162 Å². The summed E-state index contributed by atoms with van der Waals surface area (Å²) in [5, 5.41) is 46.1. The normalized spacial score (nSPS) is 30.0. The molecule has 422 valence electrons. The number of aromatic nitrogens is 12. The van der Waals surface area contributed by atoms with Gasteiger partial charge in [-0.25, -0.2) is 33.1 Å². The molecule has 9 heterocycles. The number of aryl methyl sites for hydroxylation is 1. The van der Waals surface area contributed by atoms with Gasteiger partial charge in [-0.05, 0) is 6.92 Å². The number of aliphatic hydroxyl groups is 4. The first-order chi connectivity index (χ1) is 36.2. The molecule has 0 bridgehead atoms. The van der Waals surface area contributed by atoms with Gasteiger partial charge in [0.15, 0.2) is 46.9 Å². The molecule has 3 fully saturated rings. The maximum atomic E-state index is 13.6. The Labute approximate surface area is 427 Å². The lowest BCUT2D eigenvalue weighted by molar-refractivity contribution is -0.745. The van der Waals surface area contributed by atoms with Crippen LogP contribution in [0.5, 0.6) is 0 Å². The third-order valence-electron chi connectivity index (χ3n) is 11.8. The topological polar surface area (TPSA) is 560 Å². The van der Waals surface area contributed by atoms with Crippen molar-refractivity contribution in [2.24, 2.45) is 7.05 Å². The molecule has 0 radical (unpaired) electrons. The van der Waals surface area contributed by atoms with Crippen molar-refractivity contribution < 1.29 is 108 Å². The number of aliphatic hydroxyl groups excluding tert-OH is 4. The van der Waals surface area contributed by atoms with Crippen LogP contribution in [0, 0.1) is 0 Å². The van der Waals surface area contributed by atoms with Crippen molar-refractivity contribution in [1.82, 2.24) is 53.6 Å². The minimum atomic E-state index is -6.59. The smallest absolute Gasteiger partial charge is 0.313 e. The van der Waals surface area contributed by atoms with Crippen molar-refractivity contribution in [3.05, 3.63) is 46.0 Å². The molecular formula is C34H44N15O24P4-3. The fraction of sp³-hybridized carbons (Fsp3) is 0.559. The van der Waals surface area contributed by atoms with Crippen LogP contribution < -0.4 is 52.0 Å². The van der Waals surface area contributed by atoms with E-state index in [4.69, 9.17) is 44.0 Å². The van der Waals surface area contributed by atoms with Gasteiger partial charge in [-0.15, -0.1) is 0 Å². The number of methoxy groups -OCH3 is 1. The molecule has 3 saturated heterocycles. The van der Waals surface area contributed by atoms with Crippen LogP contribution in [0.25, 0.3) is 33.5 Å². The number of phosphoric ester groups is 3. The average Bonchev–Trinajstić information content (AvgIpc) is 4.20. The molecule has 6 aromatic heterocycles. The Hall–Kier alpha value is -5.15. The Balaban J connectivity index is 0.873. The zero-order valence-corrected chi connectivity index (χ0v) is 43.0. The third kappa shape index (κ3) is 11.5. The lowest BCUT2D eigenvalue weighted by Crippen LogP contribution is -2.46. The molecule has 77 heavy (non-hydrogen) atoms. The standard InChI is InChI=1S/C34H47N15O24P4/c1-4-37-24-15-25(39-8-38-24)47(9-40-15)32-23(64-3)22(71-74(56,57)65-5-12-18(50)20(52)30(68-12)48-10-41-16-26(48)42-33(35)44-28(16)54)14(70-32)7-67-76(60,61)73-77(62,63)72-75(58,59)66-6-13-19(51)21(53)31(69-13)49-11-46(2)17-27(49)43-34(36)45-29(17)55/h8-14,18-23,30-32,50-53H,4-7H2,1-3H3,(H10-,35,36,37,38,39,42,43,44,45,54,55,56,57,58,59,60,61,62,63)/p-3/t12-,13-,14-,18?,19?,20+,21?,22?,23+,30-,31-,32-/m1/s1. The number of nitrogen functional groups attached to an aromatic ring is 2. The van der Waals surface area contributed by atoms with E-state index in [1.54, 1.807) is 6.92 Å². The van der Waals surface area contributed by atoms with E-state index in [1.807, 2.05) is 0 Å². The highest BCUT2D eigenvalue weighted by Crippen LogP contribution is 2.63. The van der Waals surface area contributed by atoms with Crippen LogP contribution in [0.3, 0.4) is 0 Å². The minimum absolute atomic E-state index is 0.0461. The molecule has 39 nitrogen and oxygen atoms in total. The quantitative estimate of drug-likeness (QED) is 0.0239. The van der Waals surface area contributed by atoms with E-state index >= 15 is 0 Å². The van der Waals surface area contributed by atoms with Crippen molar-refractivity contribution in [3.63, 3.8) is 0 Å². The lowest BCUT2D eigenvalue weighted by Gasteiger charge is -2.35. The summed E-state index contributed by atoms with van der Waals surface area (Å²) < 4.78 is 107. The summed E-state index contributed by atoms with van der Waals surface area (Å²) in [5.74, 6) is -0.403. The van der Waals surface area contributed by atoms with Crippen molar-refractivity contribution in [2.45, 2.75) is 80.5 Å². The first kappa shape index (κ1) is 56.6. The molecule has 3 aliphatic rings. The van der Waals surface area contributed by atoms with Gasteiger partial charge in [0.1, 0.15) is 61.3 Å². The number of phosphoric acid groups is 4. The Bertz CT molecular complexity index is 3510. The fourth-order valence-corrected chi connectivity index (χ4v) is 12.9. The van der Waals surface area contributed by atoms with Gasteiger partial charge >= 0.3 is 5.65 Å². The molecule has 0 spiro atoms. The number of nitrogens with one attached hydrogen (secondary N) is 3. The fourth-order valence-electron chi connectivity index (χ4n) is 8.54. The molecular weight excluding hydrogens is 1130 g/mol. The summed E-state index contributed by atoms with van der Waals surface area (Å²) in [6.45, 7) is -1.55. The Kier molecular flexibility index (Phi) is 15.8. The van der Waals surface area contributed by atoms with Crippen molar-refractivity contribution >= 4 is 82.5 Å². The molecule has 0 saturated carbocycles. The second-order valence-electron chi connectivity index (χ2n) is 16.9. The highest BCUT2D eigenvalue weighted by molar-refractivity contribution is 7.65. The van der Waals surface area contributed by atoms with Crippen molar-refractivity contribution in [1.29, 1.82) is 0 Å². The summed E-state index contributed by atoms with van der Waals surface area (Å²) >= 11 is 0. The molecule has 8 unspecified atom stereocenters. The summed E-state index contributed by atoms with van der Waals surface area (Å²) in [4.78, 5) is 106. The first-order valence-electron chi connectivity index (χ1n) is 22.1. The maximum absolute atomic E-state index is 13.6. The number of H-pyrrole nitrogens is 2. The van der Waals surface area contributed by atoms with Gasteiger partial charge in [-0.1, -0.05) is 4.98 Å². The second kappa shape index (κ2) is 21.5. The molecule has 6 aromatic rings. The van der Waals surface area contributed by atoms with Gasteiger partial charge in [-0.3, -0.25) is 51.5 Å². The second-order valence-corrected chi connectivity index (χ2v) is 22.7. The molecule has 16 atom stereocenters.